The number of aliphatic hydroxyl groups excluding tert-OH is 5. The molecule has 270 valence electrons. The van der Waals surface area contributed by atoms with E-state index in [0.29, 0.717) is 30.3 Å². The second-order valence-electron chi connectivity index (χ2n) is 11.1. The van der Waals surface area contributed by atoms with Crippen LogP contribution in [0.1, 0.15) is 70.1 Å². The van der Waals surface area contributed by atoms with Gasteiger partial charge >= 0.3 is 109 Å². The van der Waals surface area contributed by atoms with Crippen molar-refractivity contribution in [3.05, 3.63) is 0 Å². The molecule has 5 N–H and O–H groups in total. The first-order valence-electron chi connectivity index (χ1n) is 15.4. The van der Waals surface area contributed by atoms with Crippen LogP contribution in [-0.2, 0) is 38.2 Å². The fourth-order valence-electron chi connectivity index (χ4n) is 3.67. The molecule has 2 heterocycles. The Labute approximate surface area is 365 Å². The Morgan fingerprint density at radius 1 is 0.870 bits per heavy atom. The number of carbonyl (C=O) groups excluding carboxylic acids is 2. The molecule has 2 aliphatic heterocycles. The van der Waals surface area contributed by atoms with Gasteiger partial charge in [-0.25, -0.2) is 0 Å². The predicted octanol–water partition coefficient (Wildman–Crippen LogP) is -5.40. The van der Waals surface area contributed by atoms with Gasteiger partial charge in [0.25, 0.3) is 6.47 Å². The van der Waals surface area contributed by atoms with Gasteiger partial charge in [-0.1, -0.05) is 27.7 Å². The van der Waals surface area contributed by atoms with Crippen molar-refractivity contribution in [2.24, 2.45) is 21.7 Å². The van der Waals surface area contributed by atoms with E-state index in [1.807, 2.05) is 13.8 Å². The standard InChI is InChI=1S/C12H26O5.C12H22O3.C4H8O2.CH2O3.CH4O.2K.H2.H/c1-3-11(5-13,6-14)9-17-10-12(4-2,7-15)8-16;1-3-11(5-13-6-11)9-15-10-12(4-2)7-14-8-12;1-3-6-4(2)5;2-1-4-3;1-2;;;;/h13-16H,3-10H2,1-2H3;3-10H2,1-2H3;3H2,1-2H3;1,3H;2H,1H3;;;1H;/q;;;;;2*+1;;-1/p-1/i;;;;2D;;;1+1;. The van der Waals surface area contributed by atoms with E-state index >= 15 is 0 Å². The van der Waals surface area contributed by atoms with Crippen LogP contribution in [0.25, 0.3) is 0 Å². The van der Waals surface area contributed by atoms with E-state index in [2.05, 4.69) is 28.6 Å². The van der Waals surface area contributed by atoms with Gasteiger partial charge in [-0.2, -0.15) is 0 Å². The Kier molecular flexibility index (Phi) is 41.8. The van der Waals surface area contributed by atoms with Crippen LogP contribution in [0.4, 0.5) is 0 Å². The fraction of sp³-hybridized carbons (Fsp3) is 0.933. The van der Waals surface area contributed by atoms with Gasteiger partial charge < -0.3 is 60.8 Å². The van der Waals surface area contributed by atoms with Crippen molar-refractivity contribution in [3.8, 4) is 0 Å². The molecule has 46 heavy (non-hydrogen) atoms. The predicted molar refractivity (Wildman–Crippen MR) is 163 cm³/mol. The molecule has 0 spiro atoms. The largest absolute Gasteiger partial charge is 1.00 e. The third kappa shape index (κ3) is 24.1. The fourth-order valence-corrected chi connectivity index (χ4v) is 3.67. The third-order valence-corrected chi connectivity index (χ3v) is 7.99. The van der Waals surface area contributed by atoms with Gasteiger partial charge in [0.15, 0.2) is 0 Å². The average molecular weight is 729 g/mol. The van der Waals surface area contributed by atoms with Gasteiger partial charge in [-0.15, -0.1) is 0 Å². The van der Waals surface area contributed by atoms with Crippen molar-refractivity contribution in [2.75, 3.05) is 93.0 Å². The maximum absolute atomic E-state index is 9.82. The van der Waals surface area contributed by atoms with E-state index in [1.165, 1.54) is 14.0 Å². The zero-order valence-electron chi connectivity index (χ0n) is 32.0. The number of hydrogen-bond donors (Lipinski definition) is 5. The van der Waals surface area contributed by atoms with Gasteiger partial charge in [0.1, 0.15) is 0 Å². The molecule has 2 rings (SSSR count). The summed E-state index contributed by atoms with van der Waals surface area (Å²) in [6.07, 6.45) is 3.53. The Morgan fingerprint density at radius 3 is 1.33 bits per heavy atom. The third-order valence-electron chi connectivity index (χ3n) is 7.99. The number of ether oxygens (including phenoxy) is 5. The first kappa shape index (κ1) is 54.6. The minimum absolute atomic E-state index is 0. The van der Waals surface area contributed by atoms with Crippen LogP contribution in [0.3, 0.4) is 0 Å². The molecule has 2 aliphatic rings. The van der Waals surface area contributed by atoms with Gasteiger partial charge in [-0.05, 0) is 32.6 Å². The van der Waals surface area contributed by atoms with Crippen LogP contribution in [-0.4, -0.2) is 132 Å². The Balaban J connectivity index is -0.000000101. The van der Waals surface area contributed by atoms with Crippen molar-refractivity contribution < 1.29 is 175 Å². The summed E-state index contributed by atoms with van der Waals surface area (Å²) < 4.78 is 32.0. The molecular formula is C30H64K2O14. The second kappa shape index (κ2) is 35.2. The normalized spacial score (nSPS) is 15.4. The van der Waals surface area contributed by atoms with Crippen molar-refractivity contribution in [3.63, 3.8) is 0 Å². The molecule has 0 aromatic carbocycles. The topological polar surface area (TPSA) is 214 Å². The molecule has 0 radical (unpaired) electrons. The molecule has 0 unspecified atom stereocenters. The van der Waals surface area contributed by atoms with Gasteiger partial charge in [0.2, 0.25) is 1.43 Å². The maximum atomic E-state index is 9.82. The first-order chi connectivity index (χ1) is 21.4. The smallest absolute Gasteiger partial charge is 1.00 e. The Hall–Kier alpha value is 1.81. The minimum Gasteiger partial charge on any atom is -1.00 e. The summed E-state index contributed by atoms with van der Waals surface area (Å²) >= 11 is 0. The summed E-state index contributed by atoms with van der Waals surface area (Å²) in [5, 5.41) is 48.9. The average Bonchev–Trinajstić information content (AvgIpc) is 3.02. The minimum atomic E-state index is -0.635. The van der Waals surface area contributed by atoms with Gasteiger partial charge in [0, 0.05) is 37.1 Å². The second-order valence-corrected chi connectivity index (χ2v) is 11.1. The summed E-state index contributed by atoms with van der Waals surface area (Å²) in [5.41, 5.74) is -0.631. The molecule has 0 atom stereocenters. The maximum Gasteiger partial charge on any atom is 1.00 e. The molecule has 0 aromatic heterocycles. The zero-order valence-corrected chi connectivity index (χ0v) is 36.2. The van der Waals surface area contributed by atoms with Crippen molar-refractivity contribution >= 4 is 12.4 Å². The van der Waals surface area contributed by atoms with Crippen LogP contribution in [0.15, 0.2) is 0 Å². The van der Waals surface area contributed by atoms with E-state index in [0.717, 1.165) is 52.5 Å². The van der Waals surface area contributed by atoms with Crippen LogP contribution in [0.2, 0.25) is 0 Å². The molecule has 0 aliphatic carbocycles. The molecule has 2 fully saturated rings. The summed E-state index contributed by atoms with van der Waals surface area (Å²) in [5.74, 6) is -0.211. The van der Waals surface area contributed by atoms with Gasteiger partial charge in [-0.3, -0.25) is 9.59 Å². The van der Waals surface area contributed by atoms with Crippen LogP contribution in [0, 0.1) is 21.7 Å². The van der Waals surface area contributed by atoms with E-state index in [4.69, 9.17) is 30.4 Å². The van der Waals surface area contributed by atoms with Crippen molar-refractivity contribution in [1.29, 1.82) is 1.43 Å². The van der Waals surface area contributed by atoms with E-state index < -0.39 is 10.8 Å². The molecular weight excluding hydrogens is 663 g/mol. The number of hydrogen-bond acceptors (Lipinski definition) is 14. The molecule has 0 saturated carbocycles. The number of aliphatic hydroxyl groups is 5. The van der Waals surface area contributed by atoms with Crippen molar-refractivity contribution in [1.82, 2.24) is 0 Å². The summed E-state index contributed by atoms with van der Waals surface area (Å²) in [6.45, 7) is 16.7. The summed E-state index contributed by atoms with van der Waals surface area (Å²) in [6, 6.07) is 0. The van der Waals surface area contributed by atoms with E-state index in [-0.39, 0.29) is 158 Å². The Bertz CT molecular complexity index is 633. The summed E-state index contributed by atoms with van der Waals surface area (Å²) in [7, 11) is 1.29. The SMILES string of the molecule is CCC(CO)(CO)COCC(CC)(CO)CO.CCC1(COCC2(CC)COC2)COC1.CCOC(C)=O.O=CO[O-].[2HH].[2H]OC.[H-].[K+].[K+]. The van der Waals surface area contributed by atoms with Crippen molar-refractivity contribution in [2.45, 2.75) is 67.2 Å². The number of carbonyl (C=O) groups is 2. The monoisotopic (exact) mass is 728 g/mol. The molecule has 14 nitrogen and oxygen atoms in total. The quantitative estimate of drug-likeness (QED) is 0.0293. The van der Waals surface area contributed by atoms with Gasteiger partial charge in [0.05, 0.1) is 85.9 Å². The molecule has 0 bridgehead atoms. The van der Waals surface area contributed by atoms with Crippen LogP contribution < -0.4 is 108 Å². The summed E-state index contributed by atoms with van der Waals surface area (Å²) in [4.78, 5) is 21.1. The van der Waals surface area contributed by atoms with Crippen LogP contribution in [0.5, 0.6) is 0 Å². The molecule has 0 amide bonds. The van der Waals surface area contributed by atoms with Crippen LogP contribution >= 0.6 is 0 Å². The molecule has 16 heteroatoms. The number of rotatable bonds is 18. The Morgan fingerprint density at radius 2 is 1.20 bits per heavy atom. The molecule has 2 saturated heterocycles. The molecule has 0 aromatic rings. The van der Waals surface area contributed by atoms with E-state index in [9.17, 15) is 25.2 Å². The van der Waals surface area contributed by atoms with E-state index in [1.54, 1.807) is 6.92 Å². The number of esters is 1. The first-order valence-corrected chi connectivity index (χ1v) is 15.0. The zero-order chi connectivity index (χ0) is 35.3.